The number of fused-ring (bicyclic) bond motifs is 5. The van der Waals surface area contributed by atoms with Crippen molar-refractivity contribution in [2.24, 2.45) is 5.92 Å². The van der Waals surface area contributed by atoms with E-state index in [0.717, 1.165) is 12.0 Å². The average Bonchev–Trinajstić information content (AvgIpc) is 2.55. The van der Waals surface area contributed by atoms with Gasteiger partial charge in [-0.25, -0.2) is 0 Å². The molecule has 3 rings (SSSR count). The van der Waals surface area contributed by atoms with Gasteiger partial charge in [-0.2, -0.15) is 0 Å². The summed E-state index contributed by atoms with van der Waals surface area (Å²) < 4.78 is 0. The number of rotatable bonds is 0. The molecule has 2 aliphatic heterocycles. The quantitative estimate of drug-likeness (QED) is 0.533. The minimum absolute atomic E-state index is 0.640. The molecule has 0 amide bonds. The third-order valence-electron chi connectivity index (χ3n) is 4.70. The zero-order valence-electron chi connectivity index (χ0n) is 8.05. The highest BCUT2D eigenvalue weighted by molar-refractivity contribution is 5.08. The molecule has 2 saturated heterocycles. The Hall–Kier alpha value is -0.0400. The molecule has 0 aromatic rings. The standard InChI is InChI=1S/C11H19N/c1-11-6-3-7-12(11)10-5-2-4-9(11)8-10/h9-10H,2-8H2,1H3. The molecule has 3 aliphatic rings. The third kappa shape index (κ3) is 0.736. The van der Waals surface area contributed by atoms with Gasteiger partial charge in [-0.1, -0.05) is 6.42 Å². The zero-order valence-corrected chi connectivity index (χ0v) is 8.05. The number of hydrogen-bond acceptors (Lipinski definition) is 1. The van der Waals surface area contributed by atoms with Gasteiger partial charge in [0, 0.05) is 11.6 Å². The van der Waals surface area contributed by atoms with Crippen LogP contribution in [0.25, 0.3) is 0 Å². The van der Waals surface area contributed by atoms with Gasteiger partial charge in [0.25, 0.3) is 0 Å². The summed E-state index contributed by atoms with van der Waals surface area (Å²) in [6.45, 7) is 3.92. The van der Waals surface area contributed by atoms with Crippen molar-refractivity contribution in [2.45, 2.75) is 57.0 Å². The molecule has 0 aromatic heterocycles. The van der Waals surface area contributed by atoms with Gasteiger partial charge < -0.3 is 0 Å². The Morgan fingerprint density at radius 2 is 2.17 bits per heavy atom. The summed E-state index contributed by atoms with van der Waals surface area (Å²) in [5.74, 6) is 1.05. The van der Waals surface area contributed by atoms with Gasteiger partial charge in [0.05, 0.1) is 0 Å². The molecule has 3 fully saturated rings. The molecular formula is C11H19N. The van der Waals surface area contributed by atoms with Crippen LogP contribution in [0.5, 0.6) is 0 Å². The van der Waals surface area contributed by atoms with Crippen LogP contribution in [0.3, 0.4) is 0 Å². The highest BCUT2D eigenvalue weighted by Gasteiger charge is 2.53. The first-order valence-corrected chi connectivity index (χ1v) is 5.57. The van der Waals surface area contributed by atoms with Crippen LogP contribution in [-0.4, -0.2) is 23.0 Å². The van der Waals surface area contributed by atoms with E-state index in [9.17, 15) is 0 Å². The summed E-state index contributed by atoms with van der Waals surface area (Å²) in [6.07, 6.45) is 8.98. The van der Waals surface area contributed by atoms with Gasteiger partial charge in [0.2, 0.25) is 0 Å². The van der Waals surface area contributed by atoms with Crippen molar-refractivity contribution in [3.8, 4) is 0 Å². The highest BCUT2D eigenvalue weighted by atomic mass is 15.3. The maximum absolute atomic E-state index is 2.84. The van der Waals surface area contributed by atoms with Crippen molar-refractivity contribution in [2.75, 3.05) is 6.54 Å². The maximum atomic E-state index is 2.84. The van der Waals surface area contributed by atoms with Gasteiger partial charge >= 0.3 is 0 Å². The second-order valence-corrected chi connectivity index (χ2v) is 5.17. The van der Waals surface area contributed by atoms with Crippen molar-refractivity contribution < 1.29 is 0 Å². The maximum Gasteiger partial charge on any atom is 0.0213 e. The van der Waals surface area contributed by atoms with Gasteiger partial charge in [-0.05, 0) is 51.5 Å². The first-order chi connectivity index (χ1) is 5.81. The van der Waals surface area contributed by atoms with Crippen molar-refractivity contribution in [1.82, 2.24) is 4.90 Å². The summed E-state index contributed by atoms with van der Waals surface area (Å²) >= 11 is 0. The molecule has 0 spiro atoms. The van der Waals surface area contributed by atoms with Crippen LogP contribution in [0.15, 0.2) is 0 Å². The van der Waals surface area contributed by atoms with E-state index in [4.69, 9.17) is 0 Å². The van der Waals surface area contributed by atoms with E-state index >= 15 is 0 Å². The van der Waals surface area contributed by atoms with E-state index in [1.807, 2.05) is 0 Å². The van der Waals surface area contributed by atoms with Crippen LogP contribution in [-0.2, 0) is 0 Å². The molecule has 0 N–H and O–H groups in total. The summed E-state index contributed by atoms with van der Waals surface area (Å²) in [7, 11) is 0. The molecule has 1 heteroatoms. The first kappa shape index (κ1) is 7.37. The Morgan fingerprint density at radius 3 is 3.08 bits per heavy atom. The predicted octanol–water partition coefficient (Wildman–Crippen LogP) is 2.41. The van der Waals surface area contributed by atoms with E-state index in [-0.39, 0.29) is 0 Å². The second-order valence-electron chi connectivity index (χ2n) is 5.17. The molecule has 2 heterocycles. The van der Waals surface area contributed by atoms with Crippen LogP contribution in [0.4, 0.5) is 0 Å². The van der Waals surface area contributed by atoms with E-state index < -0.39 is 0 Å². The fourth-order valence-corrected chi connectivity index (χ4v) is 4.06. The predicted molar refractivity (Wildman–Crippen MR) is 50.1 cm³/mol. The van der Waals surface area contributed by atoms with Gasteiger partial charge in [0.1, 0.15) is 0 Å². The zero-order chi connectivity index (χ0) is 8.18. The Kier molecular flexibility index (Phi) is 1.39. The minimum Gasteiger partial charge on any atom is -0.295 e. The molecular weight excluding hydrogens is 146 g/mol. The Labute approximate surface area is 75.1 Å². The Morgan fingerprint density at radius 1 is 1.25 bits per heavy atom. The lowest BCUT2D eigenvalue weighted by Gasteiger charge is -2.33. The van der Waals surface area contributed by atoms with Gasteiger partial charge in [-0.15, -0.1) is 0 Å². The Balaban J connectivity index is 1.97. The summed E-state index contributed by atoms with van der Waals surface area (Å²) in [5.41, 5.74) is 0.640. The minimum atomic E-state index is 0.640. The van der Waals surface area contributed by atoms with Crippen molar-refractivity contribution in [3.05, 3.63) is 0 Å². The normalized spacial score (nSPS) is 52.8. The lowest BCUT2D eigenvalue weighted by Crippen LogP contribution is -2.41. The van der Waals surface area contributed by atoms with E-state index in [0.29, 0.717) is 5.54 Å². The average molecular weight is 165 g/mol. The summed E-state index contributed by atoms with van der Waals surface area (Å²) in [4.78, 5) is 2.84. The molecule has 2 bridgehead atoms. The number of nitrogens with zero attached hydrogens (tertiary/aromatic N) is 1. The van der Waals surface area contributed by atoms with E-state index in [1.54, 1.807) is 0 Å². The summed E-state index contributed by atoms with van der Waals surface area (Å²) in [5, 5.41) is 0. The first-order valence-electron chi connectivity index (χ1n) is 5.57. The van der Waals surface area contributed by atoms with Crippen LogP contribution >= 0.6 is 0 Å². The topological polar surface area (TPSA) is 3.24 Å². The Bertz CT molecular complexity index is 201. The van der Waals surface area contributed by atoms with Crippen molar-refractivity contribution >= 4 is 0 Å². The van der Waals surface area contributed by atoms with Gasteiger partial charge in [0.15, 0.2) is 0 Å². The highest BCUT2D eigenvalue weighted by Crippen LogP contribution is 2.51. The molecule has 0 aromatic carbocycles. The fraction of sp³-hybridized carbons (Fsp3) is 1.00. The second kappa shape index (κ2) is 2.25. The lowest BCUT2D eigenvalue weighted by atomic mass is 9.79. The molecule has 12 heavy (non-hydrogen) atoms. The van der Waals surface area contributed by atoms with Crippen molar-refractivity contribution in [1.29, 1.82) is 0 Å². The third-order valence-corrected chi connectivity index (χ3v) is 4.70. The van der Waals surface area contributed by atoms with E-state index in [1.165, 1.54) is 45.1 Å². The molecule has 68 valence electrons. The monoisotopic (exact) mass is 165 g/mol. The number of hydrogen-bond donors (Lipinski definition) is 0. The molecule has 3 unspecified atom stereocenters. The SMILES string of the molecule is CC12CCCN1C1CCCC2C1. The smallest absolute Gasteiger partial charge is 0.0213 e. The van der Waals surface area contributed by atoms with Crippen LogP contribution in [0, 0.1) is 5.92 Å². The summed E-state index contributed by atoms with van der Waals surface area (Å²) in [6, 6.07) is 0.983. The van der Waals surface area contributed by atoms with Crippen LogP contribution in [0.1, 0.15) is 45.4 Å². The van der Waals surface area contributed by atoms with Crippen LogP contribution in [0.2, 0.25) is 0 Å². The fourth-order valence-electron chi connectivity index (χ4n) is 4.06. The molecule has 1 saturated carbocycles. The molecule has 0 radical (unpaired) electrons. The van der Waals surface area contributed by atoms with E-state index in [2.05, 4.69) is 11.8 Å². The largest absolute Gasteiger partial charge is 0.295 e. The van der Waals surface area contributed by atoms with Gasteiger partial charge in [-0.3, -0.25) is 4.90 Å². The molecule has 1 nitrogen and oxygen atoms in total. The van der Waals surface area contributed by atoms with Crippen LogP contribution < -0.4 is 0 Å². The van der Waals surface area contributed by atoms with Crippen molar-refractivity contribution in [3.63, 3.8) is 0 Å². The molecule has 1 aliphatic carbocycles. The lowest BCUT2D eigenvalue weighted by molar-refractivity contribution is 0.152. The molecule has 3 atom stereocenters.